The molecule has 0 aromatic heterocycles. The average Bonchev–Trinajstić information content (AvgIpc) is 3.22. The molecule has 118 valence electrons. The van der Waals surface area contributed by atoms with Crippen LogP contribution >= 0.6 is 0 Å². The number of rotatable bonds is 5. The summed E-state index contributed by atoms with van der Waals surface area (Å²) in [5, 5.41) is 0. The normalized spacial score (nSPS) is 25.3. The standard InChI is InChI=1S/C20H20O3/c1-4-23-19(21)20(16-11-8-12-17(13-16)22-3)14(2)18(20)15-9-6-5-7-10-15/h5-6,8-9,11-14,18H,4H2,1-3H3/t14-,18?,20?/m0/s1. The van der Waals surface area contributed by atoms with Gasteiger partial charge in [-0.25, -0.2) is 0 Å². The Bertz CT molecular complexity index is 695. The first kappa shape index (κ1) is 15.4. The van der Waals surface area contributed by atoms with Crippen LogP contribution in [0.2, 0.25) is 0 Å². The van der Waals surface area contributed by atoms with Crippen LogP contribution in [0.25, 0.3) is 0 Å². The third-order valence-corrected chi connectivity index (χ3v) is 4.77. The van der Waals surface area contributed by atoms with E-state index in [1.165, 1.54) is 0 Å². The summed E-state index contributed by atoms with van der Waals surface area (Å²) in [4.78, 5) is 12.8. The Morgan fingerprint density at radius 3 is 2.78 bits per heavy atom. The molecule has 0 bridgehead atoms. The van der Waals surface area contributed by atoms with Crippen molar-refractivity contribution in [1.29, 1.82) is 0 Å². The van der Waals surface area contributed by atoms with Crippen LogP contribution in [0.15, 0.2) is 42.5 Å². The highest BCUT2D eigenvalue weighted by atomic mass is 16.5. The molecule has 1 aliphatic rings. The zero-order valence-electron chi connectivity index (χ0n) is 13.6. The number of hydrogen-bond donors (Lipinski definition) is 0. The minimum Gasteiger partial charge on any atom is -0.497 e. The van der Waals surface area contributed by atoms with Gasteiger partial charge in [0.25, 0.3) is 0 Å². The van der Waals surface area contributed by atoms with E-state index in [1.807, 2.05) is 49.4 Å². The topological polar surface area (TPSA) is 35.5 Å². The van der Waals surface area contributed by atoms with E-state index in [1.54, 1.807) is 7.11 Å². The SMILES string of the molecule is CCOC(=O)C1(c2cccc(OC)c2)C(c2c#cccc2)[C@@H]1C. The lowest BCUT2D eigenvalue weighted by atomic mass is 9.90. The van der Waals surface area contributed by atoms with E-state index in [9.17, 15) is 4.79 Å². The van der Waals surface area contributed by atoms with E-state index < -0.39 is 5.41 Å². The maximum atomic E-state index is 12.8. The van der Waals surface area contributed by atoms with Crippen molar-refractivity contribution in [2.45, 2.75) is 25.2 Å². The van der Waals surface area contributed by atoms with Crippen molar-refractivity contribution in [3.05, 3.63) is 65.7 Å². The van der Waals surface area contributed by atoms with Crippen molar-refractivity contribution in [2.24, 2.45) is 5.92 Å². The average molecular weight is 308 g/mol. The third-order valence-electron chi connectivity index (χ3n) is 4.77. The third kappa shape index (κ3) is 2.35. The molecule has 0 radical (unpaired) electrons. The highest BCUT2D eigenvalue weighted by molar-refractivity contribution is 5.90. The van der Waals surface area contributed by atoms with Gasteiger partial charge in [0, 0.05) is 11.5 Å². The fraction of sp³-hybridized carbons (Fsp3) is 0.350. The van der Waals surface area contributed by atoms with Crippen LogP contribution in [-0.4, -0.2) is 19.7 Å². The summed E-state index contributed by atoms with van der Waals surface area (Å²) in [5.74, 6) is 0.752. The Labute approximate surface area is 137 Å². The lowest BCUT2D eigenvalue weighted by molar-refractivity contribution is -0.146. The second-order valence-electron chi connectivity index (χ2n) is 5.84. The zero-order chi connectivity index (χ0) is 16.4. The lowest BCUT2D eigenvalue weighted by Crippen LogP contribution is -2.26. The van der Waals surface area contributed by atoms with Crippen LogP contribution in [0, 0.1) is 18.1 Å². The molecule has 3 heteroatoms. The Hall–Kier alpha value is -2.47. The summed E-state index contributed by atoms with van der Waals surface area (Å²) in [6.45, 7) is 4.29. The monoisotopic (exact) mass is 308 g/mol. The molecule has 1 saturated carbocycles. The molecule has 0 amide bonds. The highest BCUT2D eigenvalue weighted by Gasteiger charge is 2.69. The van der Waals surface area contributed by atoms with Crippen LogP contribution in [-0.2, 0) is 14.9 Å². The Balaban J connectivity index is 2.08. The van der Waals surface area contributed by atoms with E-state index in [0.29, 0.717) is 6.61 Å². The predicted octanol–water partition coefficient (Wildman–Crippen LogP) is 3.53. The molecule has 1 aliphatic carbocycles. The summed E-state index contributed by atoms with van der Waals surface area (Å²) < 4.78 is 10.7. The minimum absolute atomic E-state index is 0.0473. The quantitative estimate of drug-likeness (QED) is 0.793. The van der Waals surface area contributed by atoms with E-state index in [0.717, 1.165) is 16.9 Å². The largest absolute Gasteiger partial charge is 0.497 e. The van der Waals surface area contributed by atoms with Crippen LogP contribution in [0.1, 0.15) is 30.9 Å². The summed E-state index contributed by atoms with van der Waals surface area (Å²) in [5.41, 5.74) is 1.26. The van der Waals surface area contributed by atoms with E-state index in [-0.39, 0.29) is 17.8 Å². The molecule has 2 aromatic rings. The minimum atomic E-state index is -0.670. The number of hydrogen-bond acceptors (Lipinski definition) is 3. The molecule has 0 spiro atoms. The highest BCUT2D eigenvalue weighted by Crippen LogP contribution is 2.66. The van der Waals surface area contributed by atoms with Gasteiger partial charge in [-0.1, -0.05) is 37.3 Å². The van der Waals surface area contributed by atoms with Gasteiger partial charge in [-0.15, -0.1) is 0 Å². The van der Waals surface area contributed by atoms with Gasteiger partial charge in [0.1, 0.15) is 11.2 Å². The van der Waals surface area contributed by atoms with E-state index >= 15 is 0 Å². The molecule has 0 aliphatic heterocycles. The second-order valence-corrected chi connectivity index (χ2v) is 5.84. The van der Waals surface area contributed by atoms with Crippen molar-refractivity contribution in [3.63, 3.8) is 0 Å². The van der Waals surface area contributed by atoms with Crippen molar-refractivity contribution < 1.29 is 14.3 Å². The molecule has 23 heavy (non-hydrogen) atoms. The Morgan fingerprint density at radius 1 is 1.30 bits per heavy atom. The second kappa shape index (κ2) is 5.96. The molecular weight excluding hydrogens is 288 g/mol. The van der Waals surface area contributed by atoms with Gasteiger partial charge in [-0.05, 0) is 42.7 Å². The number of ether oxygens (including phenoxy) is 2. The van der Waals surface area contributed by atoms with Crippen LogP contribution in [0.4, 0.5) is 0 Å². The van der Waals surface area contributed by atoms with Crippen molar-refractivity contribution >= 4 is 5.97 Å². The fourth-order valence-corrected chi connectivity index (χ4v) is 3.63. The lowest BCUT2D eigenvalue weighted by Gasteiger charge is -2.18. The van der Waals surface area contributed by atoms with Gasteiger partial charge in [-0.3, -0.25) is 4.79 Å². The molecule has 3 nitrogen and oxygen atoms in total. The van der Waals surface area contributed by atoms with Crippen molar-refractivity contribution in [1.82, 2.24) is 0 Å². The van der Waals surface area contributed by atoms with Gasteiger partial charge in [0.2, 0.25) is 0 Å². The summed E-state index contributed by atoms with van der Waals surface area (Å²) in [6, 6.07) is 19.6. The number of carbonyl (C=O) groups is 1. The first-order valence-electron chi connectivity index (χ1n) is 7.86. The maximum absolute atomic E-state index is 12.8. The predicted molar refractivity (Wildman–Crippen MR) is 87.3 cm³/mol. The number of esters is 1. The van der Waals surface area contributed by atoms with Crippen molar-refractivity contribution in [3.8, 4) is 5.75 Å². The first-order valence-corrected chi connectivity index (χ1v) is 7.86. The molecule has 2 aromatic carbocycles. The summed E-state index contributed by atoms with van der Waals surface area (Å²) in [7, 11) is 1.63. The number of carbonyl (C=O) groups excluding carboxylic acids is 1. The molecule has 3 atom stereocenters. The Kier molecular flexibility index (Phi) is 4.00. The zero-order valence-corrected chi connectivity index (χ0v) is 13.6. The molecule has 1 fully saturated rings. The first-order chi connectivity index (χ1) is 11.2. The molecular formula is C20H20O3. The summed E-state index contributed by atoms with van der Waals surface area (Å²) in [6.07, 6.45) is 0. The van der Waals surface area contributed by atoms with Crippen LogP contribution < -0.4 is 4.74 Å². The van der Waals surface area contributed by atoms with Gasteiger partial charge >= 0.3 is 5.97 Å². The van der Waals surface area contributed by atoms with Gasteiger partial charge in [-0.2, -0.15) is 0 Å². The smallest absolute Gasteiger partial charge is 0.317 e. The molecule has 3 rings (SSSR count). The van der Waals surface area contributed by atoms with Crippen LogP contribution in [0.5, 0.6) is 5.75 Å². The molecule has 2 unspecified atom stereocenters. The van der Waals surface area contributed by atoms with Crippen LogP contribution in [0.3, 0.4) is 0 Å². The Morgan fingerprint density at radius 2 is 2.13 bits per heavy atom. The fourth-order valence-electron chi connectivity index (χ4n) is 3.63. The molecule has 0 heterocycles. The molecule has 0 N–H and O–H groups in total. The van der Waals surface area contributed by atoms with Gasteiger partial charge in [0.05, 0.1) is 13.7 Å². The van der Waals surface area contributed by atoms with Gasteiger partial charge in [0.15, 0.2) is 0 Å². The number of benzene rings is 1. The maximum Gasteiger partial charge on any atom is 0.317 e. The summed E-state index contributed by atoms with van der Waals surface area (Å²) >= 11 is 0. The van der Waals surface area contributed by atoms with Gasteiger partial charge < -0.3 is 9.47 Å². The molecule has 0 saturated heterocycles. The van der Waals surface area contributed by atoms with E-state index in [2.05, 4.69) is 19.1 Å². The van der Waals surface area contributed by atoms with Crippen molar-refractivity contribution in [2.75, 3.05) is 13.7 Å². The number of methoxy groups -OCH3 is 1. The van der Waals surface area contributed by atoms with E-state index in [4.69, 9.17) is 9.47 Å².